The molecule has 1 unspecified atom stereocenters. The molecule has 1 saturated heterocycles. The molecule has 1 aromatic carbocycles. The van der Waals surface area contributed by atoms with Crippen LogP contribution < -0.4 is 5.32 Å². The first-order chi connectivity index (χ1) is 11.6. The lowest BCUT2D eigenvalue weighted by molar-refractivity contribution is -0.152. The van der Waals surface area contributed by atoms with Crippen LogP contribution in [0.5, 0.6) is 0 Å². The Morgan fingerprint density at radius 2 is 1.68 bits per heavy atom. The predicted octanol–water partition coefficient (Wildman–Crippen LogP) is 4.41. The number of ether oxygens (including phenoxy) is 2. The minimum Gasteiger partial charge on any atom is -0.345 e. The summed E-state index contributed by atoms with van der Waals surface area (Å²) in [4.78, 5) is 12.1. The highest BCUT2D eigenvalue weighted by Gasteiger charge is 2.46. The first kappa shape index (κ1) is 18.2. The number of hydrogen-bond donors (Lipinski definition) is 1. The van der Waals surface area contributed by atoms with E-state index in [1.54, 1.807) is 6.08 Å². The van der Waals surface area contributed by atoms with Gasteiger partial charge in [-0.3, -0.25) is 4.79 Å². The molecular weight excluding hydrogens is 314 g/mol. The maximum Gasteiger partial charge on any atom is 0.248 e. The number of carbonyl (C=O) groups is 1. The van der Waals surface area contributed by atoms with Crippen LogP contribution in [0.4, 0.5) is 5.69 Å². The number of hydrogen-bond acceptors (Lipinski definition) is 3. The molecule has 25 heavy (non-hydrogen) atoms. The van der Waals surface area contributed by atoms with Crippen molar-refractivity contribution in [3.05, 3.63) is 42.0 Å². The van der Waals surface area contributed by atoms with E-state index in [2.05, 4.69) is 38.2 Å². The summed E-state index contributed by atoms with van der Waals surface area (Å²) in [6.07, 6.45) is 5.75. The predicted molar refractivity (Wildman–Crippen MR) is 99.5 cm³/mol. The minimum absolute atomic E-state index is 0.0947. The molecule has 1 heterocycles. The SMILES string of the molecule is CC1(C)O[C@H]2CC(/C=C/C(=O)Nc3ccc(C(C)(C)C)cc3)C[C@H]2O1. The molecule has 0 bridgehead atoms. The van der Waals surface area contributed by atoms with Crippen LogP contribution in [0.2, 0.25) is 0 Å². The zero-order chi connectivity index (χ0) is 18.2. The third kappa shape index (κ3) is 4.50. The van der Waals surface area contributed by atoms with Gasteiger partial charge in [0.15, 0.2) is 5.79 Å². The first-order valence-electron chi connectivity index (χ1n) is 9.08. The zero-order valence-electron chi connectivity index (χ0n) is 15.8. The van der Waals surface area contributed by atoms with E-state index in [0.29, 0.717) is 5.92 Å². The van der Waals surface area contributed by atoms with Crippen LogP contribution in [-0.4, -0.2) is 23.9 Å². The summed E-state index contributed by atoms with van der Waals surface area (Å²) in [6, 6.07) is 8.04. The highest BCUT2D eigenvalue weighted by molar-refractivity contribution is 5.99. The fourth-order valence-corrected chi connectivity index (χ4v) is 3.62. The molecule has 0 aromatic heterocycles. The summed E-state index contributed by atoms with van der Waals surface area (Å²) in [5.41, 5.74) is 2.18. The normalized spacial score (nSPS) is 28.3. The Hall–Kier alpha value is -1.65. The lowest BCUT2D eigenvalue weighted by Gasteiger charge is -2.19. The van der Waals surface area contributed by atoms with Crippen LogP contribution >= 0.6 is 0 Å². The second kappa shape index (κ2) is 6.58. The van der Waals surface area contributed by atoms with E-state index in [1.807, 2.05) is 32.1 Å². The number of amides is 1. The van der Waals surface area contributed by atoms with E-state index in [1.165, 1.54) is 5.56 Å². The van der Waals surface area contributed by atoms with Crippen LogP contribution in [0, 0.1) is 5.92 Å². The van der Waals surface area contributed by atoms with Crippen LogP contribution in [0.15, 0.2) is 36.4 Å². The lowest BCUT2D eigenvalue weighted by atomic mass is 9.87. The molecule has 3 atom stereocenters. The van der Waals surface area contributed by atoms with Gasteiger partial charge in [-0.25, -0.2) is 0 Å². The largest absolute Gasteiger partial charge is 0.345 e. The molecule has 2 fully saturated rings. The molecule has 136 valence electrons. The van der Waals surface area contributed by atoms with Crippen LogP contribution in [-0.2, 0) is 19.7 Å². The quantitative estimate of drug-likeness (QED) is 0.827. The fourth-order valence-electron chi connectivity index (χ4n) is 3.62. The van der Waals surface area contributed by atoms with Crippen molar-refractivity contribution in [1.82, 2.24) is 0 Å². The molecule has 0 radical (unpaired) electrons. The van der Waals surface area contributed by atoms with Gasteiger partial charge in [-0.15, -0.1) is 0 Å². The van der Waals surface area contributed by atoms with Crippen molar-refractivity contribution < 1.29 is 14.3 Å². The molecule has 0 spiro atoms. The highest BCUT2D eigenvalue weighted by atomic mass is 16.8. The monoisotopic (exact) mass is 343 g/mol. The first-order valence-corrected chi connectivity index (χ1v) is 9.08. The van der Waals surface area contributed by atoms with Crippen molar-refractivity contribution in [3.8, 4) is 0 Å². The van der Waals surface area contributed by atoms with Crippen LogP contribution in [0.25, 0.3) is 0 Å². The van der Waals surface area contributed by atoms with Crippen molar-refractivity contribution in [3.63, 3.8) is 0 Å². The Bertz CT molecular complexity index is 639. The van der Waals surface area contributed by atoms with Gasteiger partial charge in [0, 0.05) is 5.69 Å². The number of carbonyl (C=O) groups excluding carboxylic acids is 1. The molecule has 2 aliphatic rings. The summed E-state index contributed by atoms with van der Waals surface area (Å²) < 4.78 is 11.8. The Morgan fingerprint density at radius 3 is 2.20 bits per heavy atom. The Labute approximate surface area is 150 Å². The van der Waals surface area contributed by atoms with E-state index >= 15 is 0 Å². The topological polar surface area (TPSA) is 47.6 Å². The summed E-state index contributed by atoms with van der Waals surface area (Å²) in [6.45, 7) is 10.4. The number of allylic oxidation sites excluding steroid dienone is 1. The number of anilines is 1. The van der Waals surface area contributed by atoms with Gasteiger partial charge in [-0.1, -0.05) is 39.0 Å². The maximum atomic E-state index is 12.1. The smallest absolute Gasteiger partial charge is 0.248 e. The van der Waals surface area contributed by atoms with Gasteiger partial charge in [0.25, 0.3) is 0 Å². The summed E-state index contributed by atoms with van der Waals surface area (Å²) in [7, 11) is 0. The summed E-state index contributed by atoms with van der Waals surface area (Å²) in [5, 5.41) is 2.92. The second-order valence-corrected chi connectivity index (χ2v) is 8.62. The third-order valence-electron chi connectivity index (χ3n) is 4.89. The molecule has 1 aromatic rings. The molecule has 1 aliphatic heterocycles. The van der Waals surface area contributed by atoms with Crippen molar-refractivity contribution in [2.24, 2.45) is 5.92 Å². The van der Waals surface area contributed by atoms with Crippen LogP contribution in [0.3, 0.4) is 0 Å². The van der Waals surface area contributed by atoms with Gasteiger partial charge in [0.05, 0.1) is 12.2 Å². The molecular formula is C21H29NO3. The van der Waals surface area contributed by atoms with E-state index < -0.39 is 5.79 Å². The third-order valence-corrected chi connectivity index (χ3v) is 4.89. The maximum absolute atomic E-state index is 12.1. The van der Waals surface area contributed by atoms with Gasteiger partial charge < -0.3 is 14.8 Å². The lowest BCUT2D eigenvalue weighted by Crippen LogP contribution is -2.22. The highest BCUT2D eigenvalue weighted by Crippen LogP contribution is 2.41. The van der Waals surface area contributed by atoms with Gasteiger partial charge in [-0.05, 0) is 61.8 Å². The van der Waals surface area contributed by atoms with E-state index in [4.69, 9.17) is 9.47 Å². The van der Waals surface area contributed by atoms with Crippen molar-refractivity contribution in [2.45, 2.75) is 70.9 Å². The van der Waals surface area contributed by atoms with Gasteiger partial charge in [0.1, 0.15) is 0 Å². The molecule has 4 nitrogen and oxygen atoms in total. The van der Waals surface area contributed by atoms with Gasteiger partial charge in [0.2, 0.25) is 5.91 Å². The van der Waals surface area contributed by atoms with Crippen molar-refractivity contribution in [1.29, 1.82) is 0 Å². The summed E-state index contributed by atoms with van der Waals surface area (Å²) >= 11 is 0. The minimum atomic E-state index is -0.472. The number of benzene rings is 1. The van der Waals surface area contributed by atoms with Gasteiger partial charge >= 0.3 is 0 Å². The summed E-state index contributed by atoms with van der Waals surface area (Å²) in [5.74, 6) is -0.233. The van der Waals surface area contributed by atoms with Crippen molar-refractivity contribution >= 4 is 11.6 Å². The van der Waals surface area contributed by atoms with Crippen LogP contribution in [0.1, 0.15) is 53.0 Å². The second-order valence-electron chi connectivity index (χ2n) is 8.62. The molecule has 1 amide bonds. The van der Waals surface area contributed by atoms with E-state index in [-0.39, 0.29) is 23.5 Å². The molecule has 3 rings (SSSR count). The van der Waals surface area contributed by atoms with Crippen molar-refractivity contribution in [2.75, 3.05) is 5.32 Å². The number of fused-ring (bicyclic) bond motifs is 1. The number of nitrogens with one attached hydrogen (secondary N) is 1. The average Bonchev–Trinajstić information content (AvgIpc) is 2.97. The van der Waals surface area contributed by atoms with E-state index in [0.717, 1.165) is 18.5 Å². The van der Waals surface area contributed by atoms with E-state index in [9.17, 15) is 4.79 Å². The number of rotatable bonds is 3. The molecule has 1 saturated carbocycles. The fraction of sp³-hybridized carbons (Fsp3) is 0.571. The Morgan fingerprint density at radius 1 is 1.12 bits per heavy atom. The average molecular weight is 343 g/mol. The standard InChI is InChI=1S/C21H29NO3/c1-20(2,3)15-7-9-16(10-8-15)22-19(23)11-6-14-12-17-18(13-14)25-21(4,5)24-17/h6-11,14,17-18H,12-13H2,1-5H3,(H,22,23)/b11-6+/t14?,17-,18+. The zero-order valence-corrected chi connectivity index (χ0v) is 15.8. The van der Waals surface area contributed by atoms with Gasteiger partial charge in [-0.2, -0.15) is 0 Å². The molecule has 1 aliphatic carbocycles. The Balaban J connectivity index is 1.51. The Kier molecular flexibility index (Phi) is 4.78. The molecule has 4 heteroatoms. The molecule has 1 N–H and O–H groups in total.